The Labute approximate surface area is 134 Å². The first-order chi connectivity index (χ1) is 10.5. The maximum absolute atomic E-state index is 11.6. The Hall–Kier alpha value is -1.95. The van der Waals surface area contributed by atoms with Crippen LogP contribution < -0.4 is 15.4 Å². The Morgan fingerprint density at radius 1 is 1.23 bits per heavy atom. The molecule has 0 atom stereocenters. The summed E-state index contributed by atoms with van der Waals surface area (Å²) in [6, 6.07) is 5.23. The van der Waals surface area contributed by atoms with Crippen LogP contribution in [-0.2, 0) is 9.59 Å². The quantitative estimate of drug-likeness (QED) is 0.574. The number of hydrogen-bond acceptors (Lipinski definition) is 4. The number of carboxylic acid groups (broad SMARTS) is 1. The molecule has 0 bridgehead atoms. The van der Waals surface area contributed by atoms with Crippen molar-refractivity contribution in [2.75, 3.05) is 25.5 Å². The van der Waals surface area contributed by atoms with Gasteiger partial charge < -0.3 is 20.5 Å². The van der Waals surface area contributed by atoms with Crippen molar-refractivity contribution in [3.63, 3.8) is 0 Å². The largest absolute Gasteiger partial charge is 0.495 e. The van der Waals surface area contributed by atoms with E-state index >= 15 is 0 Å². The molecule has 0 saturated heterocycles. The first kappa shape index (κ1) is 18.1. The van der Waals surface area contributed by atoms with Gasteiger partial charge in [0.25, 0.3) is 0 Å². The highest BCUT2D eigenvalue weighted by Crippen LogP contribution is 2.27. The van der Waals surface area contributed by atoms with Gasteiger partial charge in [-0.1, -0.05) is 11.6 Å². The first-order valence-corrected chi connectivity index (χ1v) is 7.46. The van der Waals surface area contributed by atoms with E-state index in [1.807, 2.05) is 0 Å². The summed E-state index contributed by atoms with van der Waals surface area (Å²) in [7, 11) is 1.57. The van der Waals surface area contributed by atoms with E-state index in [9.17, 15) is 9.59 Å². The van der Waals surface area contributed by atoms with E-state index in [2.05, 4.69) is 10.6 Å². The number of unbranched alkanes of at least 4 members (excludes halogenated alkanes) is 1. The SMILES string of the molecule is COc1ccc(Cl)cc1NCCC(=O)NCCCCC(=O)O. The fourth-order valence-electron chi connectivity index (χ4n) is 1.85. The number of anilines is 1. The van der Waals surface area contributed by atoms with Crippen molar-refractivity contribution in [3.8, 4) is 5.75 Å². The van der Waals surface area contributed by atoms with Crippen LogP contribution in [0.3, 0.4) is 0 Å². The Bertz CT molecular complexity index is 508. The van der Waals surface area contributed by atoms with E-state index in [0.29, 0.717) is 43.1 Å². The van der Waals surface area contributed by atoms with Crippen LogP contribution in [0.15, 0.2) is 18.2 Å². The van der Waals surface area contributed by atoms with Crippen molar-refractivity contribution in [2.24, 2.45) is 0 Å². The monoisotopic (exact) mass is 328 g/mol. The topological polar surface area (TPSA) is 87.7 Å². The van der Waals surface area contributed by atoms with Gasteiger partial charge in [-0.15, -0.1) is 0 Å². The molecule has 3 N–H and O–H groups in total. The highest BCUT2D eigenvalue weighted by Gasteiger charge is 2.05. The molecule has 1 amide bonds. The highest BCUT2D eigenvalue weighted by molar-refractivity contribution is 6.30. The van der Waals surface area contributed by atoms with Gasteiger partial charge in [-0.3, -0.25) is 9.59 Å². The maximum atomic E-state index is 11.6. The maximum Gasteiger partial charge on any atom is 0.303 e. The predicted molar refractivity (Wildman–Crippen MR) is 85.6 cm³/mol. The summed E-state index contributed by atoms with van der Waals surface area (Å²) in [5.74, 6) is -0.228. The second-order valence-corrected chi connectivity index (χ2v) is 5.16. The number of carbonyl (C=O) groups is 2. The summed E-state index contributed by atoms with van der Waals surface area (Å²) in [5.41, 5.74) is 0.740. The summed E-state index contributed by atoms with van der Waals surface area (Å²) in [6.07, 6.45) is 1.67. The van der Waals surface area contributed by atoms with Crippen LogP contribution in [-0.4, -0.2) is 37.2 Å². The second kappa shape index (κ2) is 9.89. The molecule has 0 aromatic heterocycles. The molecule has 0 saturated carbocycles. The van der Waals surface area contributed by atoms with E-state index in [1.165, 1.54) is 0 Å². The highest BCUT2D eigenvalue weighted by atomic mass is 35.5. The number of methoxy groups -OCH3 is 1. The van der Waals surface area contributed by atoms with E-state index in [4.69, 9.17) is 21.4 Å². The smallest absolute Gasteiger partial charge is 0.303 e. The minimum Gasteiger partial charge on any atom is -0.495 e. The number of rotatable bonds is 10. The third-order valence-electron chi connectivity index (χ3n) is 2.97. The number of halogens is 1. The summed E-state index contributed by atoms with van der Waals surface area (Å²) in [5, 5.41) is 14.9. The van der Waals surface area contributed by atoms with Gasteiger partial charge in [0.2, 0.25) is 5.91 Å². The molecule has 6 nitrogen and oxygen atoms in total. The molecule has 0 aliphatic rings. The van der Waals surface area contributed by atoms with E-state index in [1.54, 1.807) is 25.3 Å². The standard InChI is InChI=1S/C15H21ClN2O4/c1-22-13-6-5-11(16)10-12(13)17-9-7-14(19)18-8-3-2-4-15(20)21/h5-6,10,17H,2-4,7-9H2,1H3,(H,18,19)(H,20,21). The Kier molecular flexibility index (Phi) is 8.14. The molecule has 1 aromatic rings. The summed E-state index contributed by atoms with van der Waals surface area (Å²) in [4.78, 5) is 22.0. The fourth-order valence-corrected chi connectivity index (χ4v) is 2.02. The van der Waals surface area contributed by atoms with Crippen molar-refractivity contribution in [1.82, 2.24) is 5.32 Å². The minimum atomic E-state index is -0.814. The second-order valence-electron chi connectivity index (χ2n) is 4.72. The van der Waals surface area contributed by atoms with Crippen molar-refractivity contribution in [2.45, 2.75) is 25.7 Å². The van der Waals surface area contributed by atoms with Gasteiger partial charge >= 0.3 is 5.97 Å². The average Bonchev–Trinajstić information content (AvgIpc) is 2.47. The van der Waals surface area contributed by atoms with Gasteiger partial charge in [-0.25, -0.2) is 0 Å². The van der Waals surface area contributed by atoms with E-state index in [-0.39, 0.29) is 12.3 Å². The minimum absolute atomic E-state index is 0.0798. The third kappa shape index (κ3) is 7.17. The summed E-state index contributed by atoms with van der Waals surface area (Å²) >= 11 is 5.92. The van der Waals surface area contributed by atoms with Crippen molar-refractivity contribution >= 4 is 29.2 Å². The lowest BCUT2D eigenvalue weighted by atomic mass is 10.2. The molecule has 0 aliphatic heterocycles. The molecule has 0 radical (unpaired) electrons. The molecule has 22 heavy (non-hydrogen) atoms. The first-order valence-electron chi connectivity index (χ1n) is 7.09. The third-order valence-corrected chi connectivity index (χ3v) is 3.20. The number of aliphatic carboxylic acids is 1. The summed E-state index contributed by atoms with van der Waals surface area (Å²) in [6.45, 7) is 0.949. The molecular weight excluding hydrogens is 308 g/mol. The molecule has 7 heteroatoms. The molecule has 0 unspecified atom stereocenters. The van der Waals surface area contributed by atoms with Crippen LogP contribution >= 0.6 is 11.6 Å². The lowest BCUT2D eigenvalue weighted by Crippen LogP contribution is -2.26. The van der Waals surface area contributed by atoms with Crippen molar-refractivity contribution < 1.29 is 19.4 Å². The van der Waals surface area contributed by atoms with Crippen molar-refractivity contribution in [1.29, 1.82) is 0 Å². The lowest BCUT2D eigenvalue weighted by Gasteiger charge is -2.11. The number of nitrogens with one attached hydrogen (secondary N) is 2. The molecule has 0 fully saturated rings. The van der Waals surface area contributed by atoms with Crippen LogP contribution in [0.4, 0.5) is 5.69 Å². The fraction of sp³-hybridized carbons (Fsp3) is 0.467. The zero-order valence-corrected chi connectivity index (χ0v) is 13.3. The zero-order chi connectivity index (χ0) is 16.4. The van der Waals surface area contributed by atoms with Gasteiger partial charge in [0.15, 0.2) is 0 Å². The molecule has 1 aromatic carbocycles. The molecule has 0 spiro atoms. The van der Waals surface area contributed by atoms with Crippen LogP contribution in [0.25, 0.3) is 0 Å². The van der Waals surface area contributed by atoms with Gasteiger partial charge in [0.05, 0.1) is 12.8 Å². The molecule has 0 aliphatic carbocycles. The van der Waals surface area contributed by atoms with Crippen LogP contribution in [0.2, 0.25) is 5.02 Å². The number of ether oxygens (including phenoxy) is 1. The number of benzene rings is 1. The van der Waals surface area contributed by atoms with Crippen LogP contribution in [0, 0.1) is 0 Å². The summed E-state index contributed by atoms with van der Waals surface area (Å²) < 4.78 is 5.20. The lowest BCUT2D eigenvalue weighted by molar-refractivity contribution is -0.137. The number of amides is 1. The predicted octanol–water partition coefficient (Wildman–Crippen LogP) is 2.52. The van der Waals surface area contributed by atoms with Crippen LogP contribution in [0.1, 0.15) is 25.7 Å². The molecule has 0 heterocycles. The Balaban J connectivity index is 2.22. The molecule has 122 valence electrons. The van der Waals surface area contributed by atoms with Gasteiger partial charge in [0, 0.05) is 31.0 Å². The molecule has 1 rings (SSSR count). The van der Waals surface area contributed by atoms with Gasteiger partial charge in [-0.2, -0.15) is 0 Å². The normalized spacial score (nSPS) is 10.1. The van der Waals surface area contributed by atoms with E-state index < -0.39 is 5.97 Å². The molecular formula is C15H21ClN2O4. The number of carboxylic acids is 1. The average molecular weight is 329 g/mol. The van der Waals surface area contributed by atoms with Crippen molar-refractivity contribution in [3.05, 3.63) is 23.2 Å². The number of carbonyl (C=O) groups excluding carboxylic acids is 1. The zero-order valence-electron chi connectivity index (χ0n) is 12.5. The van der Waals surface area contributed by atoms with Gasteiger partial charge in [0.1, 0.15) is 5.75 Å². The van der Waals surface area contributed by atoms with Crippen LogP contribution in [0.5, 0.6) is 5.75 Å². The van der Waals surface area contributed by atoms with E-state index in [0.717, 1.165) is 5.69 Å². The number of hydrogen-bond donors (Lipinski definition) is 3. The Morgan fingerprint density at radius 3 is 2.68 bits per heavy atom. The Morgan fingerprint density at radius 2 is 2.00 bits per heavy atom. The van der Waals surface area contributed by atoms with Gasteiger partial charge in [-0.05, 0) is 31.0 Å².